The van der Waals surface area contributed by atoms with Crippen LogP contribution in [0.1, 0.15) is 79.0 Å². The number of amides is 2. The summed E-state index contributed by atoms with van der Waals surface area (Å²) < 4.78 is 13.9. The topological polar surface area (TPSA) is 106 Å². The summed E-state index contributed by atoms with van der Waals surface area (Å²) in [6, 6.07) is 15.6. The van der Waals surface area contributed by atoms with Gasteiger partial charge < -0.3 is 25.2 Å². The second kappa shape index (κ2) is 11.9. The standard InChI is InChI=1S/C32H38N4O4S2/c1-19-35-36-31(42-19)41-18-27-13-28(24-4-2-20(17-37)3-5-24)40-29(39-27)25-6-8-26(9-7-25)33-30(38)34-32-14-21-10-22(15-32)12-23(11-21)16-32/h2-9,21-23,27-29,37H,10-18H2,1H3,(H2,33,34,38)/t21?,22?,23?,27-,28+,29+,32?/m0/s1. The van der Waals surface area contributed by atoms with Crippen molar-refractivity contribution >= 4 is 34.8 Å². The molecule has 42 heavy (non-hydrogen) atoms. The Balaban J connectivity index is 1.02. The quantitative estimate of drug-likeness (QED) is 0.243. The van der Waals surface area contributed by atoms with Gasteiger partial charge in [-0.2, -0.15) is 0 Å². The second-order valence-electron chi connectivity index (χ2n) is 12.6. The molecule has 3 atom stereocenters. The van der Waals surface area contributed by atoms with Gasteiger partial charge in [0.05, 0.1) is 18.8 Å². The molecule has 2 aromatic carbocycles. The van der Waals surface area contributed by atoms with Crippen LogP contribution >= 0.6 is 23.1 Å². The normalized spacial score (nSPS) is 31.7. The van der Waals surface area contributed by atoms with Crippen molar-refractivity contribution in [1.29, 1.82) is 0 Å². The van der Waals surface area contributed by atoms with Crippen LogP contribution in [0.25, 0.3) is 0 Å². The van der Waals surface area contributed by atoms with E-state index in [0.717, 1.165) is 74.5 Å². The van der Waals surface area contributed by atoms with Crippen molar-refractivity contribution in [3.63, 3.8) is 0 Å². The van der Waals surface area contributed by atoms with Gasteiger partial charge in [0.25, 0.3) is 0 Å². The number of ether oxygens (including phenoxy) is 2. The van der Waals surface area contributed by atoms with Crippen molar-refractivity contribution < 1.29 is 19.4 Å². The average Bonchev–Trinajstić information content (AvgIpc) is 3.40. The largest absolute Gasteiger partial charge is 0.392 e. The molecule has 8 rings (SSSR count). The van der Waals surface area contributed by atoms with E-state index in [1.165, 1.54) is 19.3 Å². The lowest BCUT2D eigenvalue weighted by Gasteiger charge is -2.56. The van der Waals surface area contributed by atoms with Crippen LogP contribution in [0.15, 0.2) is 52.9 Å². The van der Waals surface area contributed by atoms with Crippen LogP contribution in [0.3, 0.4) is 0 Å². The number of urea groups is 1. The van der Waals surface area contributed by atoms with E-state index >= 15 is 0 Å². The number of aryl methyl sites for hydroxylation is 1. The fraction of sp³-hybridized carbons (Fsp3) is 0.531. The maximum Gasteiger partial charge on any atom is 0.319 e. The van der Waals surface area contributed by atoms with Crippen LogP contribution in [0.2, 0.25) is 0 Å². The maximum atomic E-state index is 13.1. The van der Waals surface area contributed by atoms with E-state index < -0.39 is 6.29 Å². The summed E-state index contributed by atoms with van der Waals surface area (Å²) in [6.07, 6.45) is 7.41. The van der Waals surface area contributed by atoms with E-state index in [-0.39, 0.29) is 30.4 Å². The SMILES string of the molecule is Cc1nnc(SC[C@@H]2C[C@H](c3ccc(CO)cc3)O[C@H](c3ccc(NC(=O)NC45CC6CC(CC(C6)C4)C5)cc3)O2)s1. The van der Waals surface area contributed by atoms with Crippen LogP contribution in [-0.2, 0) is 16.1 Å². The minimum Gasteiger partial charge on any atom is -0.392 e. The lowest BCUT2D eigenvalue weighted by molar-refractivity contribution is -0.245. The highest BCUT2D eigenvalue weighted by Gasteiger charge is 2.51. The van der Waals surface area contributed by atoms with E-state index in [9.17, 15) is 9.90 Å². The molecule has 1 aliphatic heterocycles. The predicted molar refractivity (Wildman–Crippen MR) is 163 cm³/mol. The maximum absolute atomic E-state index is 13.1. The van der Waals surface area contributed by atoms with Crippen LogP contribution in [0, 0.1) is 24.7 Å². The van der Waals surface area contributed by atoms with Crippen molar-refractivity contribution in [2.24, 2.45) is 17.8 Å². The first-order chi connectivity index (χ1) is 20.4. The average molecular weight is 607 g/mol. The van der Waals surface area contributed by atoms with Gasteiger partial charge in [-0.3, -0.25) is 0 Å². The molecule has 4 bridgehead atoms. The predicted octanol–water partition coefficient (Wildman–Crippen LogP) is 6.77. The molecular formula is C32H38N4O4S2. The van der Waals surface area contributed by atoms with Gasteiger partial charge >= 0.3 is 6.03 Å². The van der Waals surface area contributed by atoms with Gasteiger partial charge in [-0.25, -0.2) is 4.79 Å². The molecule has 5 fully saturated rings. The van der Waals surface area contributed by atoms with Crippen molar-refractivity contribution in [1.82, 2.24) is 15.5 Å². The number of hydrogen-bond acceptors (Lipinski definition) is 8. The fourth-order valence-electron chi connectivity index (χ4n) is 7.91. The van der Waals surface area contributed by atoms with Gasteiger partial charge in [0.2, 0.25) is 0 Å². The number of aromatic nitrogens is 2. The smallest absolute Gasteiger partial charge is 0.319 e. The summed E-state index contributed by atoms with van der Waals surface area (Å²) in [4.78, 5) is 13.1. The molecule has 4 aliphatic carbocycles. The number of rotatable bonds is 8. The first-order valence-electron chi connectivity index (χ1n) is 15.0. The Labute approximate surface area is 255 Å². The molecule has 0 spiro atoms. The van der Waals surface area contributed by atoms with Crippen LogP contribution in [0.4, 0.5) is 10.5 Å². The summed E-state index contributed by atoms with van der Waals surface area (Å²) in [5, 5.41) is 25.3. The number of aliphatic hydroxyl groups excluding tert-OH is 1. The molecule has 0 radical (unpaired) electrons. The number of carbonyl (C=O) groups excluding carboxylic acids is 1. The minimum absolute atomic E-state index is 0.0129. The molecule has 5 aliphatic rings. The van der Waals surface area contributed by atoms with Crippen molar-refractivity contribution in [3.8, 4) is 0 Å². The third kappa shape index (κ3) is 6.24. The monoisotopic (exact) mass is 606 g/mol. The zero-order valence-corrected chi connectivity index (χ0v) is 25.5. The summed E-state index contributed by atoms with van der Waals surface area (Å²) in [6.45, 7) is 1.97. The number of carbonyl (C=O) groups is 1. The molecular weight excluding hydrogens is 569 g/mol. The molecule has 2 heterocycles. The molecule has 3 aromatic rings. The van der Waals surface area contributed by atoms with E-state index in [2.05, 4.69) is 20.8 Å². The third-order valence-corrected chi connectivity index (χ3v) is 11.5. The van der Waals surface area contributed by atoms with Crippen LogP contribution in [-0.4, -0.2) is 38.7 Å². The summed E-state index contributed by atoms with van der Waals surface area (Å²) in [5.74, 6) is 3.09. The first-order valence-corrected chi connectivity index (χ1v) is 16.8. The molecule has 1 aromatic heterocycles. The molecule has 222 valence electrons. The number of aliphatic hydroxyl groups is 1. The van der Waals surface area contributed by atoms with Gasteiger partial charge in [0.15, 0.2) is 10.6 Å². The second-order valence-corrected chi connectivity index (χ2v) is 15.1. The van der Waals surface area contributed by atoms with Gasteiger partial charge in [-0.15, -0.1) is 10.2 Å². The molecule has 3 N–H and O–H groups in total. The van der Waals surface area contributed by atoms with Crippen LogP contribution in [0.5, 0.6) is 0 Å². The van der Waals surface area contributed by atoms with E-state index in [0.29, 0.717) is 6.42 Å². The molecule has 2 amide bonds. The summed E-state index contributed by atoms with van der Waals surface area (Å²) in [5.41, 5.74) is 3.57. The Hall–Kier alpha value is -2.50. The van der Waals surface area contributed by atoms with Gasteiger partial charge in [0, 0.05) is 29.0 Å². The Morgan fingerprint density at radius 3 is 2.24 bits per heavy atom. The molecule has 0 unspecified atom stereocenters. The highest BCUT2D eigenvalue weighted by atomic mass is 32.2. The number of hydrogen-bond donors (Lipinski definition) is 3. The molecule has 4 saturated carbocycles. The van der Waals surface area contributed by atoms with Gasteiger partial charge in [-0.05, 0) is 86.5 Å². The Morgan fingerprint density at radius 2 is 1.62 bits per heavy atom. The van der Waals surface area contributed by atoms with Gasteiger partial charge in [0.1, 0.15) is 5.01 Å². The highest BCUT2D eigenvalue weighted by molar-refractivity contribution is 8.01. The number of thioether (sulfide) groups is 1. The number of anilines is 1. The number of nitrogens with one attached hydrogen (secondary N) is 2. The van der Waals surface area contributed by atoms with E-state index in [1.807, 2.05) is 55.5 Å². The molecule has 8 nitrogen and oxygen atoms in total. The van der Waals surface area contributed by atoms with Crippen molar-refractivity contribution in [2.75, 3.05) is 11.1 Å². The van der Waals surface area contributed by atoms with Crippen molar-refractivity contribution in [2.45, 2.75) is 86.9 Å². The number of nitrogens with zero attached hydrogens (tertiary/aromatic N) is 2. The Kier molecular flexibility index (Phi) is 8.00. The summed E-state index contributed by atoms with van der Waals surface area (Å²) in [7, 11) is 0. The van der Waals surface area contributed by atoms with E-state index in [1.54, 1.807) is 23.1 Å². The zero-order chi connectivity index (χ0) is 28.7. The fourth-order valence-corrected chi connectivity index (χ4v) is 9.77. The first kappa shape index (κ1) is 28.3. The molecule has 1 saturated heterocycles. The third-order valence-electron chi connectivity index (χ3n) is 9.37. The van der Waals surface area contributed by atoms with E-state index in [4.69, 9.17) is 9.47 Å². The zero-order valence-electron chi connectivity index (χ0n) is 23.8. The molecule has 10 heteroatoms. The Morgan fingerprint density at radius 1 is 0.952 bits per heavy atom. The highest BCUT2D eigenvalue weighted by Crippen LogP contribution is 2.55. The van der Waals surface area contributed by atoms with Gasteiger partial charge in [-0.1, -0.05) is 59.5 Å². The Bertz CT molecular complexity index is 1360. The number of benzene rings is 2. The minimum atomic E-state index is -0.544. The lowest BCUT2D eigenvalue weighted by Crippen LogP contribution is -2.60. The lowest BCUT2D eigenvalue weighted by atomic mass is 9.53. The van der Waals surface area contributed by atoms with Crippen LogP contribution < -0.4 is 10.6 Å². The summed E-state index contributed by atoms with van der Waals surface area (Å²) >= 11 is 3.25. The van der Waals surface area contributed by atoms with Crippen molar-refractivity contribution in [3.05, 3.63) is 70.2 Å².